The highest BCUT2D eigenvalue weighted by atomic mass is 16.5. The monoisotopic (exact) mass is 252 g/mol. The van der Waals surface area contributed by atoms with Crippen LogP contribution >= 0.6 is 0 Å². The summed E-state index contributed by atoms with van der Waals surface area (Å²) in [5.41, 5.74) is 1.70. The van der Waals surface area contributed by atoms with Crippen LogP contribution in [0.3, 0.4) is 0 Å². The van der Waals surface area contributed by atoms with E-state index in [1.165, 1.54) is 0 Å². The van der Waals surface area contributed by atoms with Gasteiger partial charge in [-0.1, -0.05) is 0 Å². The first-order chi connectivity index (χ1) is 8.61. The Bertz CT molecular complexity index is 367. The van der Waals surface area contributed by atoms with Crippen molar-refractivity contribution in [2.75, 3.05) is 20.3 Å². The molecular weight excluding hydrogens is 232 g/mol. The second kappa shape index (κ2) is 7.73. The molecule has 1 aromatic heterocycles. The van der Waals surface area contributed by atoms with E-state index in [2.05, 4.69) is 20.6 Å². The number of hydrogen-bond donors (Lipinski definition) is 2. The van der Waals surface area contributed by atoms with Crippen molar-refractivity contribution in [3.05, 3.63) is 23.8 Å². The molecule has 6 nitrogen and oxygen atoms in total. The van der Waals surface area contributed by atoms with Crippen LogP contribution in [0.5, 0.6) is 0 Å². The molecule has 18 heavy (non-hydrogen) atoms. The van der Waals surface area contributed by atoms with E-state index in [0.717, 1.165) is 11.4 Å². The Morgan fingerprint density at radius 2 is 2.22 bits per heavy atom. The molecular formula is C12H20N4O2. The third-order valence-electron chi connectivity index (χ3n) is 2.25. The molecule has 0 aliphatic carbocycles. The summed E-state index contributed by atoms with van der Waals surface area (Å²) in [4.78, 5) is 19.8. The highest BCUT2D eigenvalue weighted by Crippen LogP contribution is 1.92. The zero-order valence-electron chi connectivity index (χ0n) is 11.1. The van der Waals surface area contributed by atoms with Crippen molar-refractivity contribution < 1.29 is 9.53 Å². The quantitative estimate of drug-likeness (QED) is 0.716. The van der Waals surface area contributed by atoms with Gasteiger partial charge in [-0.3, -0.25) is 14.8 Å². The maximum Gasteiger partial charge on any atom is 0.234 e. The predicted octanol–water partition coefficient (Wildman–Crippen LogP) is 0.0257. The Hall–Kier alpha value is -1.53. The molecule has 0 aliphatic heterocycles. The molecule has 1 rings (SSSR count). The number of aromatic nitrogens is 2. The van der Waals surface area contributed by atoms with Gasteiger partial charge in [0.15, 0.2) is 0 Å². The van der Waals surface area contributed by atoms with Crippen molar-refractivity contribution in [2.45, 2.75) is 26.4 Å². The summed E-state index contributed by atoms with van der Waals surface area (Å²) < 4.78 is 4.94. The first kappa shape index (κ1) is 14.5. The molecule has 6 heteroatoms. The standard InChI is InChI=1S/C12H20N4O2/c1-9-4-15-11(6-14-9)5-13-7-12(17)16-10(2)8-18-3/h4,6,10,13H,5,7-8H2,1-3H3,(H,16,17). The molecule has 1 aromatic rings. The lowest BCUT2D eigenvalue weighted by Gasteiger charge is -2.12. The molecule has 0 bridgehead atoms. The van der Waals surface area contributed by atoms with E-state index in [-0.39, 0.29) is 18.5 Å². The van der Waals surface area contributed by atoms with Gasteiger partial charge in [-0.15, -0.1) is 0 Å². The summed E-state index contributed by atoms with van der Waals surface area (Å²) >= 11 is 0. The van der Waals surface area contributed by atoms with Crippen molar-refractivity contribution in [1.82, 2.24) is 20.6 Å². The van der Waals surface area contributed by atoms with Crippen molar-refractivity contribution in [3.8, 4) is 0 Å². The molecule has 0 fully saturated rings. The zero-order valence-corrected chi connectivity index (χ0v) is 11.1. The van der Waals surface area contributed by atoms with E-state index >= 15 is 0 Å². The summed E-state index contributed by atoms with van der Waals surface area (Å²) in [6.45, 7) is 5.07. The molecule has 100 valence electrons. The average Bonchev–Trinajstić information content (AvgIpc) is 2.32. The van der Waals surface area contributed by atoms with Gasteiger partial charge >= 0.3 is 0 Å². The van der Waals surface area contributed by atoms with E-state index in [9.17, 15) is 4.79 Å². The Labute approximate surface area is 107 Å². The van der Waals surface area contributed by atoms with Crippen LogP contribution in [0.2, 0.25) is 0 Å². The van der Waals surface area contributed by atoms with Crippen LogP contribution in [0.1, 0.15) is 18.3 Å². The molecule has 0 aliphatic rings. The molecule has 2 N–H and O–H groups in total. The minimum atomic E-state index is -0.0559. The van der Waals surface area contributed by atoms with E-state index in [0.29, 0.717) is 13.2 Å². The van der Waals surface area contributed by atoms with Crippen LogP contribution in [-0.4, -0.2) is 42.2 Å². The third kappa shape index (κ3) is 5.70. The number of hydrogen-bond acceptors (Lipinski definition) is 5. The predicted molar refractivity (Wildman–Crippen MR) is 68.0 cm³/mol. The summed E-state index contributed by atoms with van der Waals surface area (Å²) in [5.74, 6) is -0.0559. The van der Waals surface area contributed by atoms with Crippen molar-refractivity contribution >= 4 is 5.91 Å². The minimum Gasteiger partial charge on any atom is -0.383 e. The van der Waals surface area contributed by atoms with Gasteiger partial charge in [-0.2, -0.15) is 0 Å². The summed E-state index contributed by atoms with van der Waals surface area (Å²) in [5, 5.41) is 5.83. The topological polar surface area (TPSA) is 76.1 Å². The van der Waals surface area contributed by atoms with Gasteiger partial charge in [0.1, 0.15) is 0 Å². The van der Waals surface area contributed by atoms with Crippen molar-refractivity contribution in [1.29, 1.82) is 0 Å². The molecule has 0 radical (unpaired) electrons. The van der Waals surface area contributed by atoms with E-state index < -0.39 is 0 Å². The smallest absolute Gasteiger partial charge is 0.234 e. The number of carbonyl (C=O) groups is 1. The van der Waals surface area contributed by atoms with Crippen molar-refractivity contribution in [3.63, 3.8) is 0 Å². The van der Waals surface area contributed by atoms with Crippen LogP contribution in [-0.2, 0) is 16.1 Å². The van der Waals surface area contributed by atoms with Crippen LogP contribution in [0, 0.1) is 6.92 Å². The highest BCUT2D eigenvalue weighted by molar-refractivity contribution is 5.78. The van der Waals surface area contributed by atoms with Gasteiger partial charge in [0.05, 0.1) is 24.5 Å². The fraction of sp³-hybridized carbons (Fsp3) is 0.583. The number of nitrogens with zero attached hydrogens (tertiary/aromatic N) is 2. The molecule has 1 unspecified atom stereocenters. The maximum atomic E-state index is 11.5. The fourth-order valence-corrected chi connectivity index (χ4v) is 1.43. The SMILES string of the molecule is COCC(C)NC(=O)CNCc1cnc(C)cn1. The lowest BCUT2D eigenvalue weighted by atomic mass is 10.3. The number of methoxy groups -OCH3 is 1. The van der Waals surface area contributed by atoms with Crippen molar-refractivity contribution in [2.24, 2.45) is 0 Å². The van der Waals surface area contributed by atoms with Crippen LogP contribution in [0.4, 0.5) is 0 Å². The molecule has 1 heterocycles. The Morgan fingerprint density at radius 1 is 1.44 bits per heavy atom. The molecule has 0 spiro atoms. The van der Waals surface area contributed by atoms with E-state index in [4.69, 9.17) is 4.74 Å². The van der Waals surface area contributed by atoms with Crippen LogP contribution < -0.4 is 10.6 Å². The number of aryl methyl sites for hydroxylation is 1. The average molecular weight is 252 g/mol. The van der Waals surface area contributed by atoms with Gasteiger partial charge < -0.3 is 15.4 Å². The summed E-state index contributed by atoms with van der Waals surface area (Å²) in [6, 6.07) is 0.0171. The highest BCUT2D eigenvalue weighted by Gasteiger charge is 2.06. The lowest BCUT2D eigenvalue weighted by Crippen LogP contribution is -2.40. The summed E-state index contributed by atoms with van der Waals surface area (Å²) in [7, 11) is 1.61. The zero-order chi connectivity index (χ0) is 13.4. The number of amides is 1. The van der Waals surface area contributed by atoms with Gasteiger partial charge in [-0.25, -0.2) is 0 Å². The molecule has 0 saturated carbocycles. The third-order valence-corrected chi connectivity index (χ3v) is 2.25. The van der Waals surface area contributed by atoms with E-state index in [1.54, 1.807) is 19.5 Å². The van der Waals surface area contributed by atoms with Gasteiger partial charge in [-0.05, 0) is 13.8 Å². The molecule has 0 aromatic carbocycles. The number of rotatable bonds is 7. The first-order valence-electron chi connectivity index (χ1n) is 5.88. The van der Waals surface area contributed by atoms with Crippen LogP contribution in [0.15, 0.2) is 12.4 Å². The summed E-state index contributed by atoms with van der Waals surface area (Å²) in [6.07, 6.45) is 3.41. The first-order valence-corrected chi connectivity index (χ1v) is 5.88. The largest absolute Gasteiger partial charge is 0.383 e. The normalized spacial score (nSPS) is 12.2. The van der Waals surface area contributed by atoms with E-state index in [1.807, 2.05) is 13.8 Å². The molecule has 1 amide bonds. The van der Waals surface area contributed by atoms with Gasteiger partial charge in [0.2, 0.25) is 5.91 Å². The number of carbonyl (C=O) groups excluding carboxylic acids is 1. The lowest BCUT2D eigenvalue weighted by molar-refractivity contribution is -0.121. The van der Waals surface area contributed by atoms with Gasteiger partial charge in [0.25, 0.3) is 0 Å². The molecule has 0 saturated heterocycles. The molecule has 1 atom stereocenters. The Balaban J connectivity index is 2.21. The number of ether oxygens (including phenoxy) is 1. The maximum absolute atomic E-state index is 11.5. The fourth-order valence-electron chi connectivity index (χ4n) is 1.43. The second-order valence-electron chi connectivity index (χ2n) is 4.18. The second-order valence-corrected chi connectivity index (χ2v) is 4.18. The van der Waals surface area contributed by atoms with Crippen LogP contribution in [0.25, 0.3) is 0 Å². The van der Waals surface area contributed by atoms with Gasteiger partial charge in [0, 0.05) is 32.1 Å². The Kier molecular flexibility index (Phi) is 6.24. The Morgan fingerprint density at radius 3 is 2.83 bits per heavy atom. The minimum absolute atomic E-state index is 0.0171. The number of nitrogens with one attached hydrogen (secondary N) is 2.